The molecule has 2 rings (SSSR count). The monoisotopic (exact) mass is 356 g/mol. The highest BCUT2D eigenvalue weighted by Crippen LogP contribution is 2.22. The molecule has 136 valence electrons. The summed E-state index contributed by atoms with van der Waals surface area (Å²) in [4.78, 5) is 14.7. The molecule has 1 N–H and O–H groups in total. The van der Waals surface area contributed by atoms with Gasteiger partial charge in [-0.05, 0) is 32.0 Å². The van der Waals surface area contributed by atoms with E-state index in [2.05, 4.69) is 24.1 Å². The van der Waals surface area contributed by atoms with Crippen LogP contribution in [0.1, 0.15) is 37.2 Å². The minimum atomic E-state index is -3.49. The van der Waals surface area contributed by atoms with Gasteiger partial charge in [-0.2, -0.15) is 4.31 Å². The molecule has 0 aromatic carbocycles. The van der Waals surface area contributed by atoms with E-state index >= 15 is 0 Å². The van der Waals surface area contributed by atoms with Gasteiger partial charge in [0.25, 0.3) is 5.91 Å². The molecular weight excluding hydrogens is 328 g/mol. The van der Waals surface area contributed by atoms with E-state index in [1.807, 2.05) is 0 Å². The lowest BCUT2D eigenvalue weighted by Crippen LogP contribution is -2.35. The van der Waals surface area contributed by atoms with Gasteiger partial charge < -0.3 is 14.8 Å². The first-order valence-corrected chi connectivity index (χ1v) is 10.0. The first-order valence-electron chi connectivity index (χ1n) is 8.57. The molecule has 0 bridgehead atoms. The van der Waals surface area contributed by atoms with Crippen LogP contribution in [0.4, 0.5) is 0 Å². The highest BCUT2D eigenvalue weighted by atomic mass is 32.2. The lowest BCUT2D eigenvalue weighted by atomic mass is 10.4. The van der Waals surface area contributed by atoms with Crippen LogP contribution in [-0.4, -0.2) is 67.4 Å². The predicted molar refractivity (Wildman–Crippen MR) is 93.5 cm³/mol. The van der Waals surface area contributed by atoms with E-state index in [-0.39, 0.29) is 10.8 Å². The Labute approximate surface area is 144 Å². The zero-order chi connectivity index (χ0) is 17.7. The summed E-state index contributed by atoms with van der Waals surface area (Å²) in [6, 6.07) is 1.47. The molecule has 0 aliphatic carbocycles. The van der Waals surface area contributed by atoms with E-state index < -0.39 is 10.0 Å². The van der Waals surface area contributed by atoms with E-state index in [1.54, 1.807) is 11.6 Å². The number of nitrogens with one attached hydrogen (secondary N) is 1. The van der Waals surface area contributed by atoms with Crippen LogP contribution in [0.2, 0.25) is 0 Å². The van der Waals surface area contributed by atoms with Crippen LogP contribution in [0.15, 0.2) is 17.2 Å². The number of aromatic nitrogens is 1. The maximum absolute atomic E-state index is 12.6. The fourth-order valence-corrected chi connectivity index (χ4v) is 4.53. The molecule has 2 heterocycles. The normalized spacial score (nSPS) is 16.0. The number of nitrogens with zero attached hydrogens (tertiary/aromatic N) is 3. The first-order chi connectivity index (χ1) is 11.4. The SMILES string of the molecule is CCN(CC)CCNC(=O)c1cc(S(=O)(=O)N2CCCC2)cn1C. The lowest BCUT2D eigenvalue weighted by Gasteiger charge is -2.17. The van der Waals surface area contributed by atoms with E-state index in [1.165, 1.54) is 16.6 Å². The Bertz CT molecular complexity index is 659. The zero-order valence-electron chi connectivity index (χ0n) is 14.8. The van der Waals surface area contributed by atoms with E-state index in [4.69, 9.17) is 0 Å². The van der Waals surface area contributed by atoms with Crippen molar-refractivity contribution in [3.8, 4) is 0 Å². The molecule has 1 amide bonds. The van der Waals surface area contributed by atoms with Crippen molar-refractivity contribution in [3.63, 3.8) is 0 Å². The number of amides is 1. The highest BCUT2D eigenvalue weighted by molar-refractivity contribution is 7.89. The second-order valence-electron chi connectivity index (χ2n) is 6.07. The Morgan fingerprint density at radius 1 is 1.25 bits per heavy atom. The van der Waals surface area contributed by atoms with E-state index in [0.717, 1.165) is 32.5 Å². The molecule has 1 saturated heterocycles. The van der Waals surface area contributed by atoms with Gasteiger partial charge in [-0.3, -0.25) is 4.79 Å². The molecule has 1 fully saturated rings. The largest absolute Gasteiger partial charge is 0.349 e. The van der Waals surface area contributed by atoms with Crippen LogP contribution in [0.5, 0.6) is 0 Å². The molecule has 0 spiro atoms. The Morgan fingerprint density at radius 3 is 2.46 bits per heavy atom. The van der Waals surface area contributed by atoms with Gasteiger partial charge in [0.15, 0.2) is 0 Å². The highest BCUT2D eigenvalue weighted by Gasteiger charge is 2.29. The Hall–Kier alpha value is -1.38. The van der Waals surface area contributed by atoms with Crippen LogP contribution in [0.25, 0.3) is 0 Å². The number of carbonyl (C=O) groups excluding carboxylic acids is 1. The second kappa shape index (κ2) is 8.13. The summed E-state index contributed by atoms with van der Waals surface area (Å²) >= 11 is 0. The summed E-state index contributed by atoms with van der Waals surface area (Å²) in [5, 5.41) is 2.86. The van der Waals surface area contributed by atoms with Gasteiger partial charge in [-0.1, -0.05) is 13.8 Å². The number of hydrogen-bond acceptors (Lipinski definition) is 4. The molecule has 0 unspecified atom stereocenters. The van der Waals surface area contributed by atoms with Crippen LogP contribution >= 0.6 is 0 Å². The summed E-state index contributed by atoms with van der Waals surface area (Å²) in [5.41, 5.74) is 0.368. The zero-order valence-corrected chi connectivity index (χ0v) is 15.6. The molecule has 0 atom stereocenters. The molecule has 0 saturated carbocycles. The molecular formula is C16H28N4O3S. The third kappa shape index (κ3) is 4.17. The van der Waals surface area contributed by atoms with Crippen LogP contribution in [0.3, 0.4) is 0 Å². The topological polar surface area (TPSA) is 74.7 Å². The van der Waals surface area contributed by atoms with Crippen molar-refractivity contribution >= 4 is 15.9 Å². The van der Waals surface area contributed by atoms with Gasteiger partial charge in [0.1, 0.15) is 10.6 Å². The summed E-state index contributed by atoms with van der Waals surface area (Å²) in [5.74, 6) is -0.243. The average Bonchev–Trinajstić information content (AvgIpc) is 3.21. The Morgan fingerprint density at radius 2 is 1.88 bits per heavy atom. The van der Waals surface area contributed by atoms with Crippen molar-refractivity contribution in [2.24, 2.45) is 7.05 Å². The average molecular weight is 356 g/mol. The van der Waals surface area contributed by atoms with Crippen LogP contribution in [0, 0.1) is 0 Å². The number of aryl methyl sites for hydroxylation is 1. The van der Waals surface area contributed by atoms with E-state index in [9.17, 15) is 13.2 Å². The molecule has 0 radical (unpaired) electrons. The number of rotatable bonds is 8. The fraction of sp³-hybridized carbons (Fsp3) is 0.688. The molecule has 8 heteroatoms. The molecule has 24 heavy (non-hydrogen) atoms. The van der Waals surface area contributed by atoms with Crippen molar-refractivity contribution in [1.82, 2.24) is 19.1 Å². The van der Waals surface area contributed by atoms with Gasteiger partial charge in [-0.25, -0.2) is 8.42 Å². The van der Waals surface area contributed by atoms with Crippen LogP contribution in [-0.2, 0) is 17.1 Å². The van der Waals surface area contributed by atoms with Gasteiger partial charge in [0, 0.05) is 39.4 Å². The Balaban J connectivity index is 2.04. The summed E-state index contributed by atoms with van der Waals surface area (Å²) in [7, 11) is -1.79. The van der Waals surface area contributed by atoms with Gasteiger partial charge >= 0.3 is 0 Å². The first kappa shape index (κ1) is 19.0. The quantitative estimate of drug-likeness (QED) is 0.750. The van der Waals surface area contributed by atoms with Gasteiger partial charge in [0.05, 0.1) is 0 Å². The molecule has 1 aliphatic rings. The predicted octanol–water partition coefficient (Wildman–Crippen LogP) is 0.881. The van der Waals surface area contributed by atoms with Crippen molar-refractivity contribution in [2.45, 2.75) is 31.6 Å². The number of likely N-dealkylation sites (N-methyl/N-ethyl adjacent to an activating group) is 1. The number of sulfonamides is 1. The minimum Gasteiger partial charge on any atom is -0.349 e. The fourth-order valence-electron chi connectivity index (χ4n) is 2.94. The van der Waals surface area contributed by atoms with Gasteiger partial charge in [0.2, 0.25) is 10.0 Å². The van der Waals surface area contributed by atoms with Crippen LogP contribution < -0.4 is 5.32 Å². The van der Waals surface area contributed by atoms with Crippen molar-refractivity contribution in [1.29, 1.82) is 0 Å². The third-order valence-electron chi connectivity index (χ3n) is 4.52. The molecule has 7 nitrogen and oxygen atoms in total. The molecule has 1 aliphatic heterocycles. The number of carbonyl (C=O) groups is 1. The second-order valence-corrected chi connectivity index (χ2v) is 8.00. The third-order valence-corrected chi connectivity index (χ3v) is 6.39. The summed E-state index contributed by atoms with van der Waals surface area (Å²) in [6.07, 6.45) is 3.31. The van der Waals surface area contributed by atoms with E-state index in [0.29, 0.717) is 25.3 Å². The Kier molecular flexibility index (Phi) is 6.42. The lowest BCUT2D eigenvalue weighted by molar-refractivity contribution is 0.0941. The maximum Gasteiger partial charge on any atom is 0.267 e. The van der Waals surface area contributed by atoms with Crippen molar-refractivity contribution in [3.05, 3.63) is 18.0 Å². The molecule has 1 aromatic rings. The van der Waals surface area contributed by atoms with Gasteiger partial charge in [-0.15, -0.1) is 0 Å². The van der Waals surface area contributed by atoms with Crippen molar-refractivity contribution in [2.75, 3.05) is 39.3 Å². The summed E-state index contributed by atoms with van der Waals surface area (Å²) < 4.78 is 28.2. The van der Waals surface area contributed by atoms with Crippen molar-refractivity contribution < 1.29 is 13.2 Å². The minimum absolute atomic E-state index is 0.195. The smallest absolute Gasteiger partial charge is 0.267 e. The summed E-state index contributed by atoms with van der Waals surface area (Å²) in [6.45, 7) is 8.48. The molecule has 1 aromatic heterocycles. The maximum atomic E-state index is 12.6. The number of hydrogen-bond donors (Lipinski definition) is 1. The standard InChI is InChI=1S/C16H28N4O3S/c1-4-19(5-2)11-8-17-16(21)15-12-14(13-18(15)3)24(22,23)20-9-6-7-10-20/h12-13H,4-11H2,1-3H3,(H,17,21).